The summed E-state index contributed by atoms with van der Waals surface area (Å²) < 4.78 is 14.9. The Kier molecular flexibility index (Phi) is 3.45. The Balaban J connectivity index is 2.42. The highest BCUT2D eigenvalue weighted by Crippen LogP contribution is 2.22. The van der Waals surface area contributed by atoms with E-state index >= 15 is 0 Å². The van der Waals surface area contributed by atoms with E-state index in [9.17, 15) is 4.39 Å². The van der Waals surface area contributed by atoms with E-state index < -0.39 is 0 Å². The van der Waals surface area contributed by atoms with Crippen molar-refractivity contribution < 1.29 is 4.39 Å². The average molecular weight is 254 g/mol. The highest BCUT2D eigenvalue weighted by molar-refractivity contribution is 6.30. The zero-order valence-electron chi connectivity index (χ0n) is 9.35. The molecule has 5 heteroatoms. The SMILES string of the molecule is CC(N)C(c1cccc(F)c1)n1cc(Cl)cn1. The van der Waals surface area contributed by atoms with Gasteiger partial charge in [0.05, 0.1) is 17.3 Å². The number of rotatable bonds is 3. The minimum atomic E-state index is -0.286. The van der Waals surface area contributed by atoms with E-state index in [0.717, 1.165) is 5.56 Å². The first-order chi connectivity index (χ1) is 8.08. The van der Waals surface area contributed by atoms with E-state index in [1.54, 1.807) is 16.9 Å². The van der Waals surface area contributed by atoms with Crippen LogP contribution in [0, 0.1) is 5.82 Å². The van der Waals surface area contributed by atoms with Crippen LogP contribution in [0.3, 0.4) is 0 Å². The molecule has 0 radical (unpaired) electrons. The number of hydrogen-bond acceptors (Lipinski definition) is 2. The van der Waals surface area contributed by atoms with E-state index in [-0.39, 0.29) is 17.9 Å². The van der Waals surface area contributed by atoms with Crippen LogP contribution < -0.4 is 5.73 Å². The third-order valence-corrected chi connectivity index (χ3v) is 2.74. The Morgan fingerprint density at radius 1 is 1.47 bits per heavy atom. The van der Waals surface area contributed by atoms with Crippen LogP contribution in [0.15, 0.2) is 36.7 Å². The zero-order valence-corrected chi connectivity index (χ0v) is 10.1. The number of hydrogen-bond donors (Lipinski definition) is 1. The van der Waals surface area contributed by atoms with Crippen molar-refractivity contribution in [2.45, 2.75) is 19.0 Å². The lowest BCUT2D eigenvalue weighted by Gasteiger charge is -2.21. The van der Waals surface area contributed by atoms with E-state index in [1.807, 2.05) is 13.0 Å². The molecule has 2 N–H and O–H groups in total. The largest absolute Gasteiger partial charge is 0.326 e. The number of nitrogens with two attached hydrogens (primary N) is 1. The maximum absolute atomic E-state index is 13.2. The summed E-state index contributed by atoms with van der Waals surface area (Å²) in [5.41, 5.74) is 6.71. The first-order valence-electron chi connectivity index (χ1n) is 5.28. The molecular formula is C12H13ClFN3. The van der Waals surface area contributed by atoms with Crippen LogP contribution >= 0.6 is 11.6 Å². The summed E-state index contributed by atoms with van der Waals surface area (Å²) in [6.07, 6.45) is 3.22. The fourth-order valence-electron chi connectivity index (χ4n) is 1.85. The molecule has 17 heavy (non-hydrogen) atoms. The lowest BCUT2D eigenvalue weighted by molar-refractivity contribution is 0.451. The molecule has 0 saturated heterocycles. The minimum absolute atomic E-state index is 0.201. The van der Waals surface area contributed by atoms with Crippen LogP contribution in [0.4, 0.5) is 4.39 Å². The quantitative estimate of drug-likeness (QED) is 0.914. The minimum Gasteiger partial charge on any atom is -0.326 e. The normalized spacial score (nSPS) is 14.6. The molecule has 90 valence electrons. The molecule has 2 unspecified atom stereocenters. The van der Waals surface area contributed by atoms with Gasteiger partial charge in [-0.2, -0.15) is 5.10 Å². The summed E-state index contributed by atoms with van der Waals surface area (Å²) in [6, 6.07) is 5.92. The van der Waals surface area contributed by atoms with Gasteiger partial charge < -0.3 is 5.73 Å². The number of aromatic nitrogens is 2. The number of nitrogens with zero attached hydrogens (tertiary/aromatic N) is 2. The summed E-state index contributed by atoms with van der Waals surface area (Å²) in [5, 5.41) is 4.66. The van der Waals surface area contributed by atoms with Crippen molar-refractivity contribution in [3.8, 4) is 0 Å². The van der Waals surface area contributed by atoms with E-state index in [4.69, 9.17) is 17.3 Å². The van der Waals surface area contributed by atoms with Crippen molar-refractivity contribution in [1.82, 2.24) is 9.78 Å². The van der Waals surface area contributed by atoms with Gasteiger partial charge in [-0.25, -0.2) is 4.39 Å². The van der Waals surface area contributed by atoms with Crippen LogP contribution in [-0.4, -0.2) is 15.8 Å². The molecule has 2 rings (SSSR count). The molecule has 1 heterocycles. The summed E-state index contributed by atoms with van der Waals surface area (Å²) in [4.78, 5) is 0. The lowest BCUT2D eigenvalue weighted by Crippen LogP contribution is -2.30. The fraction of sp³-hybridized carbons (Fsp3) is 0.250. The van der Waals surface area contributed by atoms with Crippen LogP contribution in [0.25, 0.3) is 0 Å². The van der Waals surface area contributed by atoms with Gasteiger partial charge in [-0.3, -0.25) is 4.68 Å². The van der Waals surface area contributed by atoms with Crippen molar-refractivity contribution in [2.75, 3.05) is 0 Å². The van der Waals surface area contributed by atoms with E-state index in [0.29, 0.717) is 5.02 Å². The Labute approximate surface area is 104 Å². The second-order valence-electron chi connectivity index (χ2n) is 4.00. The van der Waals surface area contributed by atoms with Gasteiger partial charge in [-0.1, -0.05) is 23.7 Å². The predicted molar refractivity (Wildman–Crippen MR) is 65.4 cm³/mol. The molecule has 0 bridgehead atoms. The fourth-order valence-corrected chi connectivity index (χ4v) is 2.00. The summed E-state index contributed by atoms with van der Waals surface area (Å²) in [7, 11) is 0. The lowest BCUT2D eigenvalue weighted by atomic mass is 10.0. The summed E-state index contributed by atoms with van der Waals surface area (Å²) >= 11 is 5.83. The molecule has 0 fully saturated rings. The second-order valence-corrected chi connectivity index (χ2v) is 4.43. The molecule has 1 aromatic carbocycles. The highest BCUT2D eigenvalue weighted by atomic mass is 35.5. The molecular weight excluding hydrogens is 241 g/mol. The van der Waals surface area contributed by atoms with Gasteiger partial charge in [0.2, 0.25) is 0 Å². The molecule has 2 aromatic rings. The Bertz CT molecular complexity index is 510. The number of halogens is 2. The van der Waals surface area contributed by atoms with Gasteiger partial charge in [0.1, 0.15) is 5.82 Å². The third-order valence-electron chi connectivity index (χ3n) is 2.54. The Hall–Kier alpha value is -1.39. The monoisotopic (exact) mass is 253 g/mol. The summed E-state index contributed by atoms with van der Waals surface area (Å²) in [6.45, 7) is 1.85. The smallest absolute Gasteiger partial charge is 0.123 e. The molecule has 0 spiro atoms. The molecule has 0 aliphatic carbocycles. The number of benzene rings is 1. The van der Waals surface area contributed by atoms with Gasteiger partial charge in [0.15, 0.2) is 0 Å². The predicted octanol–water partition coefficient (Wildman–Crippen LogP) is 2.61. The van der Waals surface area contributed by atoms with Gasteiger partial charge >= 0.3 is 0 Å². The molecule has 0 aliphatic heterocycles. The van der Waals surface area contributed by atoms with Gasteiger partial charge in [0, 0.05) is 12.2 Å². The van der Waals surface area contributed by atoms with Crippen molar-refractivity contribution in [1.29, 1.82) is 0 Å². The van der Waals surface area contributed by atoms with Crippen LogP contribution in [0.5, 0.6) is 0 Å². The standard InChI is InChI=1S/C12H13ClFN3/c1-8(15)12(17-7-10(13)6-16-17)9-3-2-4-11(14)5-9/h2-8,12H,15H2,1H3. The zero-order chi connectivity index (χ0) is 12.4. The maximum Gasteiger partial charge on any atom is 0.123 e. The first-order valence-corrected chi connectivity index (χ1v) is 5.66. The van der Waals surface area contributed by atoms with Gasteiger partial charge in [-0.05, 0) is 24.6 Å². The molecule has 0 saturated carbocycles. The average Bonchev–Trinajstić information content (AvgIpc) is 2.64. The van der Waals surface area contributed by atoms with Crippen LogP contribution in [0.1, 0.15) is 18.5 Å². The second kappa shape index (κ2) is 4.85. The summed E-state index contributed by atoms with van der Waals surface area (Å²) in [5.74, 6) is -0.286. The molecule has 3 nitrogen and oxygen atoms in total. The highest BCUT2D eigenvalue weighted by Gasteiger charge is 2.19. The first kappa shape index (κ1) is 12.1. The molecule has 0 aliphatic rings. The Morgan fingerprint density at radius 2 is 2.24 bits per heavy atom. The van der Waals surface area contributed by atoms with Crippen molar-refractivity contribution in [3.05, 3.63) is 53.1 Å². The van der Waals surface area contributed by atoms with Crippen LogP contribution in [0.2, 0.25) is 5.02 Å². The van der Waals surface area contributed by atoms with E-state index in [1.165, 1.54) is 18.3 Å². The van der Waals surface area contributed by atoms with Gasteiger partial charge in [-0.15, -0.1) is 0 Å². The van der Waals surface area contributed by atoms with Crippen molar-refractivity contribution in [3.63, 3.8) is 0 Å². The molecule has 0 amide bonds. The molecule has 1 aromatic heterocycles. The van der Waals surface area contributed by atoms with E-state index in [2.05, 4.69) is 5.10 Å². The molecule has 2 atom stereocenters. The Morgan fingerprint density at radius 3 is 2.76 bits per heavy atom. The maximum atomic E-state index is 13.2. The van der Waals surface area contributed by atoms with Crippen molar-refractivity contribution in [2.24, 2.45) is 5.73 Å². The topological polar surface area (TPSA) is 43.8 Å². The van der Waals surface area contributed by atoms with Gasteiger partial charge in [0.25, 0.3) is 0 Å². The van der Waals surface area contributed by atoms with Crippen molar-refractivity contribution >= 4 is 11.6 Å². The van der Waals surface area contributed by atoms with Crippen LogP contribution in [-0.2, 0) is 0 Å². The third kappa shape index (κ3) is 2.65.